The summed E-state index contributed by atoms with van der Waals surface area (Å²) in [7, 11) is 0. The Balaban J connectivity index is 2.05. The van der Waals surface area contributed by atoms with Crippen LogP contribution in [0.5, 0.6) is 0 Å². The molecule has 0 aromatic carbocycles. The molecule has 0 bridgehead atoms. The summed E-state index contributed by atoms with van der Waals surface area (Å²) in [5.74, 6) is 4.95. The van der Waals surface area contributed by atoms with Crippen LogP contribution in [-0.4, -0.2) is 41.7 Å². The third-order valence-electron chi connectivity index (χ3n) is 3.70. The average molecular weight is 257 g/mol. The van der Waals surface area contributed by atoms with E-state index < -0.39 is 0 Å². The lowest BCUT2D eigenvalue weighted by Gasteiger charge is -2.24. The number of unbranched alkanes of at least 4 members (excludes halogenated alkanes) is 2. The molecule has 0 aromatic heterocycles. The summed E-state index contributed by atoms with van der Waals surface area (Å²) >= 11 is 0. The number of likely N-dealkylation sites (tertiary alicyclic amines) is 1. The summed E-state index contributed by atoms with van der Waals surface area (Å²) < 4.78 is 0. The van der Waals surface area contributed by atoms with Crippen LogP contribution in [0.3, 0.4) is 0 Å². The lowest BCUT2D eigenvalue weighted by atomic mass is 10.1. The normalized spacial score (nSPS) is 20.2. The number of hydrazine groups is 1. The molecule has 5 heteroatoms. The number of carbonyl (C=O) groups excluding carboxylic acids is 1. The maximum atomic E-state index is 10.9. The van der Waals surface area contributed by atoms with Crippen LogP contribution in [0.25, 0.3) is 0 Å². The molecule has 1 rings (SSSR count). The number of nitrogens with zero attached hydrogens (tertiary/aromatic N) is 1. The topological polar surface area (TPSA) is 78.6 Å². The molecule has 1 atom stereocenters. The van der Waals surface area contributed by atoms with Gasteiger partial charge >= 0.3 is 0 Å². The number of rotatable bonds is 9. The van der Waals surface area contributed by atoms with Crippen molar-refractivity contribution >= 4 is 5.91 Å². The van der Waals surface area contributed by atoms with Gasteiger partial charge in [-0.3, -0.25) is 10.2 Å². The third-order valence-corrected chi connectivity index (χ3v) is 3.70. The first-order valence-corrected chi connectivity index (χ1v) is 7.12. The second kappa shape index (κ2) is 9.30. The van der Waals surface area contributed by atoms with E-state index in [9.17, 15) is 4.79 Å². The fourth-order valence-corrected chi connectivity index (χ4v) is 2.69. The molecule has 0 saturated carbocycles. The summed E-state index contributed by atoms with van der Waals surface area (Å²) in [5, 5.41) is 8.87. The van der Waals surface area contributed by atoms with Crippen LogP contribution in [0.1, 0.15) is 51.4 Å². The van der Waals surface area contributed by atoms with Crippen LogP contribution in [0.15, 0.2) is 0 Å². The molecular weight excluding hydrogens is 230 g/mol. The van der Waals surface area contributed by atoms with Crippen LogP contribution in [0.2, 0.25) is 0 Å². The molecule has 0 radical (unpaired) electrons. The Morgan fingerprint density at radius 3 is 2.89 bits per heavy atom. The number of nitrogens with one attached hydrogen (secondary N) is 1. The van der Waals surface area contributed by atoms with E-state index in [4.69, 9.17) is 10.9 Å². The van der Waals surface area contributed by atoms with Crippen molar-refractivity contribution in [2.75, 3.05) is 19.7 Å². The zero-order valence-corrected chi connectivity index (χ0v) is 11.2. The Morgan fingerprint density at radius 1 is 1.33 bits per heavy atom. The molecule has 4 N–H and O–H groups in total. The Hall–Kier alpha value is -0.650. The van der Waals surface area contributed by atoms with Gasteiger partial charge in [0.25, 0.3) is 0 Å². The van der Waals surface area contributed by atoms with Gasteiger partial charge in [-0.25, -0.2) is 5.84 Å². The minimum atomic E-state index is -0.0722. The number of nitrogens with two attached hydrogens (primary N) is 1. The van der Waals surface area contributed by atoms with E-state index in [0.29, 0.717) is 19.1 Å². The molecule has 0 aromatic rings. The monoisotopic (exact) mass is 257 g/mol. The summed E-state index contributed by atoms with van der Waals surface area (Å²) in [6.07, 6.45) is 8.26. The smallest absolute Gasteiger partial charge is 0.233 e. The van der Waals surface area contributed by atoms with Crippen molar-refractivity contribution in [1.29, 1.82) is 0 Å². The van der Waals surface area contributed by atoms with Crippen molar-refractivity contribution in [2.45, 2.75) is 57.4 Å². The fourth-order valence-electron chi connectivity index (χ4n) is 2.69. The molecule has 18 heavy (non-hydrogen) atoms. The van der Waals surface area contributed by atoms with Gasteiger partial charge in [-0.15, -0.1) is 0 Å². The molecule has 1 fully saturated rings. The molecule has 1 unspecified atom stereocenters. The number of hydrogen-bond acceptors (Lipinski definition) is 4. The van der Waals surface area contributed by atoms with Crippen molar-refractivity contribution < 1.29 is 9.90 Å². The van der Waals surface area contributed by atoms with Crippen LogP contribution in [0.4, 0.5) is 0 Å². The Labute approximate surface area is 110 Å². The van der Waals surface area contributed by atoms with Crippen LogP contribution in [0, 0.1) is 0 Å². The van der Waals surface area contributed by atoms with Crippen molar-refractivity contribution in [3.63, 3.8) is 0 Å². The number of carbonyl (C=O) groups is 1. The van der Waals surface area contributed by atoms with E-state index in [1.807, 2.05) is 0 Å². The standard InChI is InChI=1S/C13H27N3O2/c14-15-13(18)8-2-1-3-9-16-10-4-6-12(16)7-5-11-17/h12,17H,1-11,14H2,(H,15,18). The molecule has 0 aliphatic carbocycles. The van der Waals surface area contributed by atoms with Crippen LogP contribution < -0.4 is 11.3 Å². The maximum Gasteiger partial charge on any atom is 0.233 e. The van der Waals surface area contributed by atoms with Crippen molar-refractivity contribution in [2.24, 2.45) is 5.84 Å². The summed E-state index contributed by atoms with van der Waals surface area (Å²) in [5.41, 5.74) is 2.15. The van der Waals surface area contributed by atoms with E-state index in [-0.39, 0.29) is 5.91 Å². The lowest BCUT2D eigenvalue weighted by molar-refractivity contribution is -0.121. The predicted molar refractivity (Wildman–Crippen MR) is 71.7 cm³/mol. The van der Waals surface area contributed by atoms with Crippen molar-refractivity contribution in [3.05, 3.63) is 0 Å². The number of amides is 1. The highest BCUT2D eigenvalue weighted by Gasteiger charge is 2.22. The lowest BCUT2D eigenvalue weighted by Crippen LogP contribution is -2.31. The Kier molecular flexibility index (Phi) is 7.96. The van der Waals surface area contributed by atoms with Crippen LogP contribution in [-0.2, 0) is 4.79 Å². The molecule has 1 saturated heterocycles. The second-order valence-electron chi connectivity index (χ2n) is 5.08. The number of hydrogen-bond donors (Lipinski definition) is 3. The van der Waals surface area contributed by atoms with E-state index >= 15 is 0 Å². The van der Waals surface area contributed by atoms with Crippen molar-refractivity contribution in [3.8, 4) is 0 Å². The first-order chi connectivity index (χ1) is 8.77. The van der Waals surface area contributed by atoms with Gasteiger partial charge < -0.3 is 10.0 Å². The second-order valence-corrected chi connectivity index (χ2v) is 5.08. The highest BCUT2D eigenvalue weighted by atomic mass is 16.2. The fraction of sp³-hybridized carbons (Fsp3) is 0.923. The largest absolute Gasteiger partial charge is 0.396 e. The zero-order valence-electron chi connectivity index (χ0n) is 11.2. The van der Waals surface area contributed by atoms with Gasteiger partial charge in [0, 0.05) is 19.1 Å². The SMILES string of the molecule is NNC(=O)CCCCCN1CCCC1CCCO. The number of aliphatic hydroxyl groups is 1. The highest BCUT2D eigenvalue weighted by Crippen LogP contribution is 2.21. The van der Waals surface area contributed by atoms with Crippen molar-refractivity contribution in [1.82, 2.24) is 10.3 Å². The first-order valence-electron chi connectivity index (χ1n) is 7.12. The third kappa shape index (κ3) is 5.80. The van der Waals surface area contributed by atoms with E-state index in [2.05, 4.69) is 10.3 Å². The average Bonchev–Trinajstić information content (AvgIpc) is 2.83. The maximum absolute atomic E-state index is 10.9. The zero-order chi connectivity index (χ0) is 13.2. The number of aliphatic hydroxyl groups excluding tert-OH is 1. The van der Waals surface area contributed by atoms with Gasteiger partial charge in [0.05, 0.1) is 0 Å². The first kappa shape index (κ1) is 15.4. The minimum Gasteiger partial charge on any atom is -0.396 e. The van der Waals surface area contributed by atoms with Gasteiger partial charge in [0.15, 0.2) is 0 Å². The molecular formula is C13H27N3O2. The molecule has 5 nitrogen and oxygen atoms in total. The molecule has 106 valence electrons. The highest BCUT2D eigenvalue weighted by molar-refractivity contribution is 5.74. The van der Waals surface area contributed by atoms with Gasteiger partial charge in [0.1, 0.15) is 0 Å². The van der Waals surface area contributed by atoms with E-state index in [1.54, 1.807) is 0 Å². The molecule has 1 aliphatic heterocycles. The van der Waals surface area contributed by atoms with Gasteiger partial charge in [0.2, 0.25) is 5.91 Å². The Morgan fingerprint density at radius 2 is 2.17 bits per heavy atom. The summed E-state index contributed by atoms with van der Waals surface area (Å²) in [4.78, 5) is 13.5. The predicted octanol–water partition coefficient (Wildman–Crippen LogP) is 0.774. The van der Waals surface area contributed by atoms with Gasteiger partial charge in [-0.1, -0.05) is 6.42 Å². The van der Waals surface area contributed by atoms with Crippen LogP contribution >= 0.6 is 0 Å². The molecule has 1 amide bonds. The van der Waals surface area contributed by atoms with E-state index in [1.165, 1.54) is 19.4 Å². The van der Waals surface area contributed by atoms with Gasteiger partial charge in [-0.2, -0.15) is 0 Å². The summed E-state index contributed by atoms with van der Waals surface area (Å²) in [6, 6.07) is 0.671. The minimum absolute atomic E-state index is 0.0722. The van der Waals surface area contributed by atoms with E-state index in [0.717, 1.165) is 38.6 Å². The summed E-state index contributed by atoms with van der Waals surface area (Å²) in [6.45, 7) is 2.62. The van der Waals surface area contributed by atoms with Gasteiger partial charge in [-0.05, 0) is 51.6 Å². The molecule has 0 spiro atoms. The Bertz CT molecular complexity index is 236. The molecule has 1 aliphatic rings. The molecule has 1 heterocycles. The quantitative estimate of drug-likeness (QED) is 0.247.